The number of anilines is 3. The summed E-state index contributed by atoms with van der Waals surface area (Å²) in [5.41, 5.74) is 5.62. The normalized spacial score (nSPS) is 12.7. The first-order valence-corrected chi connectivity index (χ1v) is 10.2. The summed E-state index contributed by atoms with van der Waals surface area (Å²) in [6.07, 6.45) is 4.62. The molecular formula is C22H21N3OS. The minimum absolute atomic E-state index is 0.0174. The van der Waals surface area contributed by atoms with E-state index in [0.29, 0.717) is 5.75 Å². The molecule has 27 heavy (non-hydrogen) atoms. The largest absolute Gasteiger partial charge is 0.339 e. The van der Waals surface area contributed by atoms with Crippen molar-refractivity contribution in [3.8, 4) is 0 Å². The van der Waals surface area contributed by atoms with Crippen molar-refractivity contribution in [2.45, 2.75) is 12.2 Å². The van der Waals surface area contributed by atoms with Crippen LogP contribution in [0.4, 0.5) is 17.1 Å². The van der Waals surface area contributed by atoms with Gasteiger partial charge in [-0.25, -0.2) is 0 Å². The van der Waals surface area contributed by atoms with Gasteiger partial charge in [-0.05, 0) is 41.8 Å². The van der Waals surface area contributed by atoms with Crippen LogP contribution < -0.4 is 10.2 Å². The van der Waals surface area contributed by atoms with Gasteiger partial charge < -0.3 is 10.2 Å². The number of nitrogens with one attached hydrogen (secondary N) is 1. The quantitative estimate of drug-likeness (QED) is 0.681. The molecule has 0 fully saturated rings. The topological polar surface area (TPSA) is 45.2 Å². The molecule has 0 spiro atoms. The molecule has 1 N–H and O–H groups in total. The smallest absolute Gasteiger partial charge is 0.234 e. The zero-order valence-electron chi connectivity index (χ0n) is 15.0. The Bertz CT molecular complexity index is 930. The van der Waals surface area contributed by atoms with E-state index in [4.69, 9.17) is 0 Å². The molecule has 3 aromatic rings. The van der Waals surface area contributed by atoms with E-state index in [1.807, 2.05) is 36.5 Å². The molecule has 0 atom stereocenters. The number of aromatic nitrogens is 1. The van der Waals surface area contributed by atoms with Gasteiger partial charge >= 0.3 is 0 Å². The number of fused-ring (bicyclic) bond motifs is 1. The maximum atomic E-state index is 12.4. The Labute approximate surface area is 163 Å². The molecule has 0 radical (unpaired) electrons. The molecule has 1 amide bonds. The summed E-state index contributed by atoms with van der Waals surface area (Å²) >= 11 is 1.59. The molecule has 0 aliphatic carbocycles. The lowest BCUT2D eigenvalue weighted by Gasteiger charge is -2.23. The molecule has 4 nitrogen and oxygen atoms in total. The number of benzene rings is 2. The van der Waals surface area contributed by atoms with Gasteiger partial charge in [0, 0.05) is 30.4 Å². The van der Waals surface area contributed by atoms with Crippen molar-refractivity contribution in [3.63, 3.8) is 0 Å². The lowest BCUT2D eigenvalue weighted by molar-refractivity contribution is -0.113. The Balaban J connectivity index is 1.42. The van der Waals surface area contributed by atoms with Gasteiger partial charge in [0.25, 0.3) is 0 Å². The third-order valence-corrected chi connectivity index (χ3v) is 5.58. The van der Waals surface area contributed by atoms with Gasteiger partial charge in [-0.15, -0.1) is 11.8 Å². The average Bonchev–Trinajstić information content (AvgIpc) is 3.13. The minimum Gasteiger partial charge on any atom is -0.339 e. The molecule has 136 valence electrons. The van der Waals surface area contributed by atoms with E-state index < -0.39 is 0 Å². The number of rotatable bonds is 6. The van der Waals surface area contributed by atoms with E-state index in [0.717, 1.165) is 35.7 Å². The van der Waals surface area contributed by atoms with Crippen LogP contribution >= 0.6 is 11.8 Å². The van der Waals surface area contributed by atoms with Crippen LogP contribution in [0.5, 0.6) is 0 Å². The summed E-state index contributed by atoms with van der Waals surface area (Å²) in [7, 11) is 0. The lowest BCUT2D eigenvalue weighted by Crippen LogP contribution is -2.19. The summed E-state index contributed by atoms with van der Waals surface area (Å²) < 4.78 is 0. The second-order valence-corrected chi connectivity index (χ2v) is 7.44. The molecule has 2 aromatic carbocycles. The van der Waals surface area contributed by atoms with E-state index >= 15 is 0 Å². The van der Waals surface area contributed by atoms with Crippen LogP contribution in [0.15, 0.2) is 73.1 Å². The van der Waals surface area contributed by atoms with Gasteiger partial charge in [0.2, 0.25) is 5.91 Å². The molecule has 0 unspecified atom stereocenters. The van der Waals surface area contributed by atoms with Crippen LogP contribution in [-0.4, -0.2) is 23.2 Å². The molecule has 0 saturated heterocycles. The van der Waals surface area contributed by atoms with Crippen molar-refractivity contribution < 1.29 is 4.79 Å². The second-order valence-electron chi connectivity index (χ2n) is 6.45. The van der Waals surface area contributed by atoms with Crippen molar-refractivity contribution in [1.29, 1.82) is 0 Å². The number of carbonyl (C=O) groups is 1. The van der Waals surface area contributed by atoms with Gasteiger partial charge in [-0.2, -0.15) is 0 Å². The fourth-order valence-electron chi connectivity index (χ4n) is 3.33. The van der Waals surface area contributed by atoms with Crippen LogP contribution in [-0.2, 0) is 17.0 Å². The van der Waals surface area contributed by atoms with Crippen molar-refractivity contribution >= 4 is 34.7 Å². The number of para-hydroxylation sites is 3. The summed E-state index contributed by atoms with van der Waals surface area (Å²) in [4.78, 5) is 18.8. The third-order valence-electron chi connectivity index (χ3n) is 4.58. The predicted molar refractivity (Wildman–Crippen MR) is 113 cm³/mol. The third kappa shape index (κ3) is 4.14. The van der Waals surface area contributed by atoms with E-state index in [1.165, 1.54) is 11.3 Å². The van der Waals surface area contributed by atoms with Crippen LogP contribution in [0.3, 0.4) is 0 Å². The number of pyridine rings is 1. The Kier molecular flexibility index (Phi) is 5.39. The van der Waals surface area contributed by atoms with Crippen molar-refractivity contribution in [1.82, 2.24) is 4.98 Å². The van der Waals surface area contributed by atoms with E-state index in [2.05, 4.69) is 45.5 Å². The fraction of sp³-hybridized carbons (Fsp3) is 0.182. The van der Waals surface area contributed by atoms with Gasteiger partial charge in [0.1, 0.15) is 0 Å². The maximum Gasteiger partial charge on any atom is 0.234 e. The Hall–Kier alpha value is -2.79. The summed E-state index contributed by atoms with van der Waals surface area (Å²) in [6, 6.07) is 20.4. The van der Waals surface area contributed by atoms with Crippen molar-refractivity contribution in [2.24, 2.45) is 0 Å². The molecule has 0 saturated carbocycles. The summed E-state index contributed by atoms with van der Waals surface area (Å²) in [5, 5.41) is 3.09. The first kappa shape index (κ1) is 17.6. The van der Waals surface area contributed by atoms with E-state index in [1.54, 1.807) is 18.0 Å². The highest BCUT2D eigenvalue weighted by molar-refractivity contribution is 7.99. The molecule has 4 rings (SSSR count). The average molecular weight is 375 g/mol. The number of nitrogens with zero attached hydrogens (tertiary/aromatic N) is 2. The first-order valence-electron chi connectivity index (χ1n) is 9.02. The highest BCUT2D eigenvalue weighted by Gasteiger charge is 2.22. The summed E-state index contributed by atoms with van der Waals surface area (Å²) in [6.45, 7) is 0.933. The molecule has 1 aliphatic heterocycles. The SMILES string of the molecule is O=C(CSCc1cccnc1)Nc1ccccc1N1CCc2ccccc21. The molecule has 5 heteroatoms. The lowest BCUT2D eigenvalue weighted by atomic mass is 10.2. The number of carbonyl (C=O) groups excluding carboxylic acids is 1. The fourth-order valence-corrected chi connectivity index (χ4v) is 4.10. The second kappa shape index (κ2) is 8.27. The maximum absolute atomic E-state index is 12.4. The molecule has 0 bridgehead atoms. The van der Waals surface area contributed by atoms with Crippen molar-refractivity contribution in [3.05, 3.63) is 84.2 Å². The minimum atomic E-state index is 0.0174. The van der Waals surface area contributed by atoms with Crippen LogP contribution in [0.25, 0.3) is 0 Å². The number of hydrogen-bond donors (Lipinski definition) is 1. The van der Waals surface area contributed by atoms with Gasteiger partial charge in [0.15, 0.2) is 0 Å². The predicted octanol–water partition coefficient (Wildman–Crippen LogP) is 4.65. The standard InChI is InChI=1S/C22H21N3OS/c26-22(16-27-15-17-6-5-12-23-14-17)24-19-8-2-4-10-21(19)25-13-11-18-7-1-3-9-20(18)25/h1-10,12,14H,11,13,15-16H2,(H,24,26). The number of hydrogen-bond acceptors (Lipinski definition) is 4. The Morgan fingerprint density at radius 1 is 1.04 bits per heavy atom. The Morgan fingerprint density at radius 3 is 2.70 bits per heavy atom. The number of amides is 1. The highest BCUT2D eigenvalue weighted by Crippen LogP contribution is 2.38. The Morgan fingerprint density at radius 2 is 1.85 bits per heavy atom. The molecule has 1 aliphatic rings. The van der Waals surface area contributed by atoms with Gasteiger partial charge in [-0.3, -0.25) is 9.78 Å². The van der Waals surface area contributed by atoms with E-state index in [9.17, 15) is 4.79 Å². The van der Waals surface area contributed by atoms with Crippen LogP contribution in [0.1, 0.15) is 11.1 Å². The summed E-state index contributed by atoms with van der Waals surface area (Å²) in [5.74, 6) is 1.21. The molecular weight excluding hydrogens is 354 g/mol. The molecule has 2 heterocycles. The van der Waals surface area contributed by atoms with Gasteiger partial charge in [0.05, 0.1) is 17.1 Å². The van der Waals surface area contributed by atoms with E-state index in [-0.39, 0.29) is 5.91 Å². The molecule has 1 aromatic heterocycles. The van der Waals surface area contributed by atoms with Crippen molar-refractivity contribution in [2.75, 3.05) is 22.5 Å². The zero-order chi connectivity index (χ0) is 18.5. The monoisotopic (exact) mass is 375 g/mol. The first-order chi connectivity index (χ1) is 13.3. The number of thioether (sulfide) groups is 1. The van der Waals surface area contributed by atoms with Crippen LogP contribution in [0.2, 0.25) is 0 Å². The zero-order valence-corrected chi connectivity index (χ0v) is 15.8. The van der Waals surface area contributed by atoms with Gasteiger partial charge in [-0.1, -0.05) is 36.4 Å². The highest BCUT2D eigenvalue weighted by atomic mass is 32.2. The van der Waals surface area contributed by atoms with Crippen LogP contribution in [0, 0.1) is 0 Å².